The Hall–Kier alpha value is -1.94. The van der Waals surface area contributed by atoms with Crippen molar-refractivity contribution in [2.75, 3.05) is 11.9 Å². The molecule has 6 nitrogen and oxygen atoms in total. The van der Waals surface area contributed by atoms with E-state index in [-0.39, 0.29) is 10.7 Å². The number of rotatable bonds is 4. The quantitative estimate of drug-likeness (QED) is 0.797. The van der Waals surface area contributed by atoms with E-state index in [2.05, 4.69) is 15.3 Å². The topological polar surface area (TPSA) is 95.3 Å². The number of aromatic carboxylic acids is 1. The minimum absolute atomic E-state index is 0.0462. The van der Waals surface area contributed by atoms with Gasteiger partial charge in [0.05, 0.1) is 11.9 Å². The smallest absolute Gasteiger partial charge is 0.416 e. The van der Waals surface area contributed by atoms with Gasteiger partial charge in [-0.1, -0.05) is 0 Å². The largest absolute Gasteiger partial charge is 0.477 e. The van der Waals surface area contributed by atoms with E-state index in [9.17, 15) is 18.0 Å². The molecule has 2 aromatic heterocycles. The normalized spacial score (nSPS) is 13.4. The minimum Gasteiger partial charge on any atom is -0.477 e. The molecule has 2 rings (SSSR count). The number of halogens is 3. The summed E-state index contributed by atoms with van der Waals surface area (Å²) in [7, 11) is 0. The fraction of sp³-hybridized carbons (Fsp3) is 0.364. The van der Waals surface area contributed by atoms with Crippen LogP contribution in [0.5, 0.6) is 0 Å². The lowest BCUT2D eigenvalue weighted by molar-refractivity contribution is -0.198. The van der Waals surface area contributed by atoms with Crippen LogP contribution in [0.15, 0.2) is 6.33 Å². The van der Waals surface area contributed by atoms with Crippen molar-refractivity contribution in [2.45, 2.75) is 19.2 Å². The van der Waals surface area contributed by atoms with Crippen molar-refractivity contribution in [2.24, 2.45) is 0 Å². The molecule has 1 unspecified atom stereocenters. The standard InChI is InChI=1S/C11H10F3N3O3S/c1-4-6-8(15-2-5(18)11(12,13)14)16-3-17-9(6)21-7(4)10(19)20/h3,5,18H,2H2,1H3,(H,19,20)(H,15,16,17). The summed E-state index contributed by atoms with van der Waals surface area (Å²) in [5.41, 5.74) is 0.368. The number of carboxylic acids is 1. The van der Waals surface area contributed by atoms with E-state index in [1.807, 2.05) is 0 Å². The van der Waals surface area contributed by atoms with Gasteiger partial charge in [-0.3, -0.25) is 0 Å². The van der Waals surface area contributed by atoms with Crippen molar-refractivity contribution >= 4 is 33.3 Å². The molecule has 10 heteroatoms. The van der Waals surface area contributed by atoms with Crippen LogP contribution < -0.4 is 5.32 Å². The van der Waals surface area contributed by atoms with E-state index in [0.29, 0.717) is 15.8 Å². The monoisotopic (exact) mass is 321 g/mol. The predicted molar refractivity (Wildman–Crippen MR) is 69.7 cm³/mol. The van der Waals surface area contributed by atoms with Gasteiger partial charge in [-0.05, 0) is 12.5 Å². The molecule has 0 bridgehead atoms. The molecule has 0 aliphatic heterocycles. The fourth-order valence-corrected chi connectivity index (χ4v) is 2.71. The second-order valence-corrected chi connectivity index (χ2v) is 5.20. The summed E-state index contributed by atoms with van der Waals surface area (Å²) in [5, 5.41) is 20.7. The van der Waals surface area contributed by atoms with Crippen LogP contribution in [0.3, 0.4) is 0 Å². The van der Waals surface area contributed by atoms with Crippen LogP contribution >= 0.6 is 11.3 Å². The summed E-state index contributed by atoms with van der Waals surface area (Å²) >= 11 is 0.911. The molecule has 21 heavy (non-hydrogen) atoms. The Labute approximate surface area is 120 Å². The molecule has 0 radical (unpaired) electrons. The Bertz CT molecular complexity index is 686. The highest BCUT2D eigenvalue weighted by Gasteiger charge is 2.38. The van der Waals surface area contributed by atoms with Crippen LogP contribution in [-0.2, 0) is 0 Å². The number of aryl methyl sites for hydroxylation is 1. The number of carbonyl (C=O) groups is 1. The van der Waals surface area contributed by atoms with Crippen molar-refractivity contribution in [1.29, 1.82) is 0 Å². The van der Waals surface area contributed by atoms with Gasteiger partial charge in [0.2, 0.25) is 0 Å². The first-order chi connectivity index (χ1) is 9.71. The predicted octanol–water partition coefficient (Wildman–Crippen LogP) is 2.03. The Morgan fingerprint density at radius 3 is 2.71 bits per heavy atom. The van der Waals surface area contributed by atoms with Crippen molar-refractivity contribution in [3.63, 3.8) is 0 Å². The summed E-state index contributed by atoms with van der Waals surface area (Å²) in [5.74, 6) is -1.08. The lowest BCUT2D eigenvalue weighted by atomic mass is 10.2. The van der Waals surface area contributed by atoms with Gasteiger partial charge in [-0.25, -0.2) is 14.8 Å². The summed E-state index contributed by atoms with van der Waals surface area (Å²) < 4.78 is 36.8. The highest BCUT2D eigenvalue weighted by atomic mass is 32.1. The van der Waals surface area contributed by atoms with Crippen LogP contribution in [0, 0.1) is 6.92 Å². The van der Waals surface area contributed by atoms with E-state index in [1.54, 1.807) is 0 Å². The van der Waals surface area contributed by atoms with Gasteiger partial charge in [-0.15, -0.1) is 11.3 Å². The van der Waals surface area contributed by atoms with E-state index in [1.165, 1.54) is 6.92 Å². The first-order valence-electron chi connectivity index (χ1n) is 5.68. The highest BCUT2D eigenvalue weighted by molar-refractivity contribution is 7.20. The molecule has 0 spiro atoms. The highest BCUT2D eigenvalue weighted by Crippen LogP contribution is 2.33. The molecule has 0 fully saturated rings. The molecule has 2 heterocycles. The molecule has 0 aliphatic rings. The molecule has 0 saturated carbocycles. The Morgan fingerprint density at radius 1 is 1.48 bits per heavy atom. The fourth-order valence-electron chi connectivity index (χ4n) is 1.72. The average molecular weight is 321 g/mol. The number of nitrogens with one attached hydrogen (secondary N) is 1. The van der Waals surface area contributed by atoms with Crippen molar-refractivity contribution in [1.82, 2.24) is 9.97 Å². The van der Waals surface area contributed by atoms with E-state index in [0.717, 1.165) is 17.7 Å². The number of hydrogen-bond donors (Lipinski definition) is 3. The molecule has 3 N–H and O–H groups in total. The van der Waals surface area contributed by atoms with Gasteiger partial charge >= 0.3 is 12.1 Å². The number of anilines is 1. The third-order valence-corrected chi connectivity index (χ3v) is 3.95. The molecule has 1 atom stereocenters. The third-order valence-electron chi connectivity index (χ3n) is 2.76. The number of hydrogen-bond acceptors (Lipinski definition) is 6. The van der Waals surface area contributed by atoms with E-state index >= 15 is 0 Å². The number of aliphatic hydroxyl groups excluding tert-OH is 1. The third kappa shape index (κ3) is 3.05. The van der Waals surface area contributed by atoms with Gasteiger partial charge in [0.15, 0.2) is 6.10 Å². The molecule has 0 aromatic carbocycles. The average Bonchev–Trinajstić information content (AvgIpc) is 2.73. The van der Waals surface area contributed by atoms with Gasteiger partial charge in [0, 0.05) is 0 Å². The van der Waals surface area contributed by atoms with Crippen LogP contribution in [-0.4, -0.2) is 45.0 Å². The zero-order valence-corrected chi connectivity index (χ0v) is 11.4. The number of nitrogens with zero attached hydrogens (tertiary/aromatic N) is 2. The maximum absolute atomic E-state index is 12.3. The zero-order chi connectivity index (χ0) is 15.8. The summed E-state index contributed by atoms with van der Waals surface area (Å²) in [4.78, 5) is 19.2. The van der Waals surface area contributed by atoms with Crippen molar-refractivity contribution in [3.8, 4) is 0 Å². The lowest BCUT2D eigenvalue weighted by Crippen LogP contribution is -2.35. The maximum Gasteiger partial charge on any atom is 0.416 e. The number of aliphatic hydroxyl groups is 1. The molecule has 0 amide bonds. The van der Waals surface area contributed by atoms with Crippen molar-refractivity contribution < 1.29 is 28.2 Å². The number of carboxylic acid groups (broad SMARTS) is 1. The second kappa shape index (κ2) is 5.45. The van der Waals surface area contributed by atoms with E-state index in [4.69, 9.17) is 10.2 Å². The first-order valence-corrected chi connectivity index (χ1v) is 6.49. The number of alkyl halides is 3. The van der Waals surface area contributed by atoms with Crippen LogP contribution in [0.1, 0.15) is 15.2 Å². The summed E-state index contributed by atoms with van der Waals surface area (Å²) in [6, 6.07) is 0. The molecular weight excluding hydrogens is 311 g/mol. The molecule has 0 saturated heterocycles. The first kappa shape index (κ1) is 15.4. The van der Waals surface area contributed by atoms with Gasteiger partial charge in [0.1, 0.15) is 21.9 Å². The Balaban J connectivity index is 2.35. The minimum atomic E-state index is -4.74. The number of aromatic nitrogens is 2. The van der Waals surface area contributed by atoms with Crippen LogP contribution in [0.4, 0.5) is 19.0 Å². The SMILES string of the molecule is Cc1c(C(=O)O)sc2ncnc(NCC(O)C(F)(F)F)c12. The molecule has 114 valence electrons. The second-order valence-electron chi connectivity index (χ2n) is 4.20. The number of thiophene rings is 1. The molecular formula is C11H10F3N3O3S. The molecule has 0 aliphatic carbocycles. The maximum atomic E-state index is 12.3. The Kier molecular flexibility index (Phi) is 4.01. The van der Waals surface area contributed by atoms with Crippen LogP contribution in [0.2, 0.25) is 0 Å². The zero-order valence-electron chi connectivity index (χ0n) is 10.6. The summed E-state index contributed by atoms with van der Waals surface area (Å²) in [6.07, 6.45) is -6.17. The summed E-state index contributed by atoms with van der Waals surface area (Å²) in [6.45, 7) is 0.740. The number of fused-ring (bicyclic) bond motifs is 1. The molecule has 2 aromatic rings. The van der Waals surface area contributed by atoms with Gasteiger partial charge < -0.3 is 15.5 Å². The van der Waals surface area contributed by atoms with Gasteiger partial charge in [-0.2, -0.15) is 13.2 Å². The van der Waals surface area contributed by atoms with Gasteiger partial charge in [0.25, 0.3) is 0 Å². The van der Waals surface area contributed by atoms with Crippen LogP contribution in [0.25, 0.3) is 10.2 Å². The lowest BCUT2D eigenvalue weighted by Gasteiger charge is -2.15. The Morgan fingerprint density at radius 2 is 2.14 bits per heavy atom. The van der Waals surface area contributed by atoms with Crippen molar-refractivity contribution in [3.05, 3.63) is 16.8 Å². The van der Waals surface area contributed by atoms with E-state index < -0.39 is 24.8 Å².